The van der Waals surface area contributed by atoms with Gasteiger partial charge >= 0.3 is 17.9 Å². The number of hydrogen-bond donors (Lipinski definition) is 0. The highest BCUT2D eigenvalue weighted by Crippen LogP contribution is 2.57. The van der Waals surface area contributed by atoms with Crippen molar-refractivity contribution in [3.63, 3.8) is 0 Å². The van der Waals surface area contributed by atoms with Gasteiger partial charge in [-0.15, -0.1) is 0 Å². The topological polar surface area (TPSA) is 118 Å². The SMILES string of the molecule is COC(=O)CCc1ccc(N(c2ccc(-c3ccc(N(c4ccc(CCC(=O)OC)cc4)c4ccc5c(c4)C(C)(C)c4ccccc4-5)cc3)cc2)c2ccc3c(c2)C(C)(C)c2ccccc2-3)cc1.COCCOC(=O)CCc1ccc(N(c2ccc(-c3ccc(N(c4ccc(CCC(C)=O)cc4)c4ccc5c(c4)C(C)(C)c4ccccc4-5)cc3)cc2)c2ccc3c(c2)C(C)(C)c2ccccc2-3)cc1. The number of benzene rings is 16. The first kappa shape index (κ1) is 91.9. The Labute approximate surface area is 811 Å². The summed E-state index contributed by atoms with van der Waals surface area (Å²) in [6, 6.07) is 132. The van der Waals surface area contributed by atoms with Gasteiger partial charge in [0.15, 0.2) is 0 Å². The normalized spacial score (nSPS) is 13.4. The highest BCUT2D eigenvalue weighted by molar-refractivity contribution is 5.93. The molecule has 4 aliphatic rings. The number of anilines is 12. The van der Waals surface area contributed by atoms with Crippen LogP contribution in [-0.2, 0) is 85.5 Å². The second-order valence-electron chi connectivity index (χ2n) is 38.9. The Balaban J connectivity index is 0.000000176. The van der Waals surface area contributed by atoms with Crippen molar-refractivity contribution in [2.24, 2.45) is 0 Å². The van der Waals surface area contributed by atoms with Crippen LogP contribution in [-0.4, -0.2) is 58.2 Å². The Hall–Kier alpha value is -15.2. The number of ether oxygens (including phenoxy) is 4. The van der Waals surface area contributed by atoms with Gasteiger partial charge in [-0.1, -0.05) is 274 Å². The van der Waals surface area contributed by atoms with Crippen LogP contribution in [0.15, 0.2) is 364 Å². The molecule has 0 N–H and O–H groups in total. The molecule has 0 aromatic heterocycles. The summed E-state index contributed by atoms with van der Waals surface area (Å²) in [4.78, 5) is 57.4. The quantitative estimate of drug-likeness (QED) is 0.0252. The highest BCUT2D eigenvalue weighted by atomic mass is 16.6. The van der Waals surface area contributed by atoms with Crippen molar-refractivity contribution < 1.29 is 38.1 Å². The van der Waals surface area contributed by atoms with Crippen LogP contribution in [0.2, 0.25) is 0 Å². The predicted molar refractivity (Wildman–Crippen MR) is 564 cm³/mol. The number of carbonyl (C=O) groups is 4. The van der Waals surface area contributed by atoms with Crippen molar-refractivity contribution in [3.05, 3.63) is 431 Å². The second-order valence-corrected chi connectivity index (χ2v) is 38.9. The van der Waals surface area contributed by atoms with Crippen molar-refractivity contribution in [2.75, 3.05) is 54.1 Å². The van der Waals surface area contributed by atoms with Crippen LogP contribution in [0.5, 0.6) is 0 Å². The van der Waals surface area contributed by atoms with Crippen LogP contribution < -0.4 is 19.6 Å². The molecule has 20 rings (SSSR count). The standard InChI is InChI=1S/C64H60N2O4.C62H56N2O4/c1-43(67)15-16-44-17-26-48(27-18-44)65(52-34-36-56-54-11-7-9-13-58(54)63(2,3)60(56)41-52)50-30-22-46(23-31-50)47-24-32-51(33-25-47)66(49-28-19-45(20-29-49)21-38-62(68)70-40-39-69-6)53-35-37-57-55-12-8-10-14-59(55)64(4,5)61(57)42-53;1-61(2)55-13-9-7-11-51(55)53-35-33-49(39-57(53)61)63(45-25-15-41(16-26-45)19-37-59(65)67-5)47-29-21-43(22-30-47)44-23-31-48(32-24-44)64(46-27-17-42(18-28-46)20-38-60(66)68-6)50-34-36-54-52-12-8-10-14-56(52)62(3,4)58(54)40-50/h7-14,17-20,22-37,41-42H,15-16,21,38-40H2,1-6H3;7-18,21-36,39-40H,19-20,37-38H2,1-6H3. The van der Waals surface area contributed by atoms with Crippen LogP contribution in [0.25, 0.3) is 66.8 Å². The van der Waals surface area contributed by atoms with Gasteiger partial charge in [0.1, 0.15) is 12.4 Å². The van der Waals surface area contributed by atoms with Gasteiger partial charge in [0.2, 0.25) is 0 Å². The maximum Gasteiger partial charge on any atom is 0.306 e. The maximum absolute atomic E-state index is 12.4. The molecule has 0 heterocycles. The number of esters is 3. The van der Waals surface area contributed by atoms with Crippen LogP contribution in [0.3, 0.4) is 0 Å². The molecule has 0 saturated heterocycles. The van der Waals surface area contributed by atoms with E-state index in [1.54, 1.807) is 14.0 Å². The van der Waals surface area contributed by atoms with E-state index in [9.17, 15) is 19.2 Å². The summed E-state index contributed by atoms with van der Waals surface area (Å²) in [6.45, 7) is 20.9. The average Bonchev–Trinajstić information content (AvgIpc) is 1.59. The molecule has 12 nitrogen and oxygen atoms in total. The molecule has 138 heavy (non-hydrogen) atoms. The molecule has 688 valence electrons. The monoisotopic (exact) mass is 1810 g/mol. The third-order valence-corrected chi connectivity index (χ3v) is 28.9. The Morgan fingerprint density at radius 1 is 0.225 bits per heavy atom. The second kappa shape index (κ2) is 38.5. The van der Waals surface area contributed by atoms with Gasteiger partial charge in [0, 0.05) is 123 Å². The van der Waals surface area contributed by atoms with Gasteiger partial charge in [0.05, 0.1) is 20.8 Å². The van der Waals surface area contributed by atoms with Crippen LogP contribution in [0.4, 0.5) is 68.2 Å². The van der Waals surface area contributed by atoms with E-state index in [0.29, 0.717) is 51.6 Å². The minimum atomic E-state index is -0.223. The molecule has 16 aromatic carbocycles. The molecule has 0 aliphatic heterocycles. The summed E-state index contributed by atoms with van der Waals surface area (Å²) in [5, 5.41) is 0. The number of fused-ring (bicyclic) bond motifs is 12. The van der Waals surface area contributed by atoms with E-state index >= 15 is 0 Å². The number of aryl methyl sites for hydroxylation is 4. The van der Waals surface area contributed by atoms with E-state index in [0.717, 1.165) is 119 Å². The number of rotatable bonds is 29. The molecule has 0 saturated carbocycles. The lowest BCUT2D eigenvalue weighted by Gasteiger charge is -2.29. The first-order chi connectivity index (χ1) is 66.8. The number of hydrogen-bond acceptors (Lipinski definition) is 12. The first-order valence-electron chi connectivity index (χ1n) is 48.1. The lowest BCUT2D eigenvalue weighted by atomic mass is 9.82. The van der Waals surface area contributed by atoms with Crippen LogP contribution in [0.1, 0.15) is 155 Å². The average molecular weight is 1810 g/mol. The number of methoxy groups -OCH3 is 3. The lowest BCUT2D eigenvalue weighted by Crippen LogP contribution is -2.16. The molecule has 0 spiro atoms. The zero-order valence-corrected chi connectivity index (χ0v) is 80.8. The Morgan fingerprint density at radius 3 is 0.652 bits per heavy atom. The largest absolute Gasteiger partial charge is 0.469 e. The number of Topliss-reactive ketones (excluding diaryl/α,β-unsaturated/α-hetero) is 1. The molecular weight excluding hydrogens is 1700 g/mol. The van der Waals surface area contributed by atoms with Crippen molar-refractivity contribution in [2.45, 2.75) is 135 Å². The zero-order chi connectivity index (χ0) is 95.7. The summed E-state index contributed by atoms with van der Waals surface area (Å²) in [7, 11) is 4.47. The molecule has 0 fully saturated rings. The molecular formula is C126H116N4O8. The smallest absolute Gasteiger partial charge is 0.306 e. The maximum atomic E-state index is 12.4. The Bertz CT molecular complexity index is 7020. The highest BCUT2D eigenvalue weighted by Gasteiger charge is 2.41. The molecule has 12 heteroatoms. The van der Waals surface area contributed by atoms with E-state index < -0.39 is 0 Å². The lowest BCUT2D eigenvalue weighted by molar-refractivity contribution is -0.145. The third kappa shape index (κ3) is 18.1. The van der Waals surface area contributed by atoms with Gasteiger partial charge in [-0.05, 0) is 312 Å². The summed E-state index contributed by atoms with van der Waals surface area (Å²) in [6.07, 6.45) is 4.10. The summed E-state index contributed by atoms with van der Waals surface area (Å²) in [5.41, 5.74) is 41.9. The van der Waals surface area contributed by atoms with Crippen LogP contribution in [0, 0.1) is 0 Å². The molecule has 0 bridgehead atoms. The molecule has 4 aliphatic carbocycles. The van der Waals surface area contributed by atoms with E-state index in [2.05, 4.69) is 439 Å². The van der Waals surface area contributed by atoms with E-state index in [1.807, 2.05) is 0 Å². The molecule has 0 atom stereocenters. The summed E-state index contributed by atoms with van der Waals surface area (Å²) >= 11 is 0. The van der Waals surface area contributed by atoms with E-state index in [-0.39, 0.29) is 52.0 Å². The number of ketones is 1. The van der Waals surface area contributed by atoms with Crippen molar-refractivity contribution in [1.29, 1.82) is 0 Å². The fourth-order valence-corrected chi connectivity index (χ4v) is 21.1. The molecule has 0 radical (unpaired) electrons. The number of carbonyl (C=O) groups excluding carboxylic acids is 4. The van der Waals surface area contributed by atoms with Gasteiger partial charge in [-0.3, -0.25) is 14.4 Å². The zero-order valence-electron chi connectivity index (χ0n) is 80.8. The Kier molecular flexibility index (Phi) is 25.6. The van der Waals surface area contributed by atoms with Crippen molar-refractivity contribution in [3.8, 4) is 66.8 Å². The van der Waals surface area contributed by atoms with E-state index in [4.69, 9.17) is 18.9 Å². The van der Waals surface area contributed by atoms with Gasteiger partial charge in [-0.2, -0.15) is 0 Å². The van der Waals surface area contributed by atoms with Gasteiger partial charge < -0.3 is 43.3 Å². The first-order valence-corrected chi connectivity index (χ1v) is 48.1. The fraction of sp³-hybridized carbons (Fsp3) is 0.206. The molecule has 0 amide bonds. The molecule has 16 aromatic rings. The van der Waals surface area contributed by atoms with E-state index in [1.165, 1.54) is 103 Å². The molecule has 0 unspecified atom stereocenters. The fourth-order valence-electron chi connectivity index (χ4n) is 21.1. The van der Waals surface area contributed by atoms with Crippen LogP contribution >= 0.6 is 0 Å². The minimum absolute atomic E-state index is 0.135. The minimum Gasteiger partial charge on any atom is -0.469 e. The van der Waals surface area contributed by atoms with Gasteiger partial charge in [-0.25, -0.2) is 0 Å². The Morgan fingerprint density at radius 2 is 0.428 bits per heavy atom. The third-order valence-electron chi connectivity index (χ3n) is 28.9. The summed E-state index contributed by atoms with van der Waals surface area (Å²) in [5.74, 6) is -0.440. The van der Waals surface area contributed by atoms with Gasteiger partial charge in [0.25, 0.3) is 0 Å². The number of nitrogens with zero attached hydrogens (tertiary/aromatic N) is 4. The summed E-state index contributed by atoms with van der Waals surface area (Å²) < 4.78 is 20.2. The predicted octanol–water partition coefficient (Wildman–Crippen LogP) is 30.7. The van der Waals surface area contributed by atoms with Crippen molar-refractivity contribution in [1.82, 2.24) is 0 Å². The van der Waals surface area contributed by atoms with Crippen molar-refractivity contribution >= 4 is 91.9 Å².